The molecule has 0 bridgehead atoms. The monoisotopic (exact) mass is 461 g/mol. The fourth-order valence-electron chi connectivity index (χ4n) is 3.74. The Morgan fingerprint density at radius 2 is 1.94 bits per heavy atom. The molecule has 9 heteroatoms. The highest BCUT2D eigenvalue weighted by molar-refractivity contribution is 7.89. The third-order valence-electron chi connectivity index (χ3n) is 5.74. The molecule has 0 spiro atoms. The maximum atomic E-state index is 12.7. The summed E-state index contributed by atoms with van der Waals surface area (Å²) >= 11 is 0. The van der Waals surface area contributed by atoms with Gasteiger partial charge in [0.1, 0.15) is 11.3 Å². The third-order valence-corrected chi connectivity index (χ3v) is 7.16. The van der Waals surface area contributed by atoms with Crippen molar-refractivity contribution in [2.75, 3.05) is 26.2 Å². The molecule has 0 unspecified atom stereocenters. The van der Waals surface area contributed by atoms with Crippen molar-refractivity contribution in [2.45, 2.75) is 38.0 Å². The van der Waals surface area contributed by atoms with Crippen LogP contribution in [0.1, 0.15) is 42.1 Å². The van der Waals surface area contributed by atoms with Crippen LogP contribution in [0.15, 0.2) is 46.2 Å². The summed E-state index contributed by atoms with van der Waals surface area (Å²) in [5, 5.41) is 0. The van der Waals surface area contributed by atoms with Crippen LogP contribution in [0.5, 0.6) is 5.75 Å². The lowest BCUT2D eigenvalue weighted by Gasteiger charge is -2.32. The Morgan fingerprint density at radius 3 is 2.59 bits per heavy atom. The summed E-state index contributed by atoms with van der Waals surface area (Å²) in [6.07, 6.45) is 3.84. The molecular weight excluding hydrogens is 430 g/mol. The molecule has 1 aromatic carbocycles. The van der Waals surface area contributed by atoms with Gasteiger partial charge < -0.3 is 14.2 Å². The number of amides is 1. The number of rotatable bonds is 8. The molecule has 1 saturated heterocycles. The Hall–Kier alpha value is -2.65. The van der Waals surface area contributed by atoms with Gasteiger partial charge in [-0.1, -0.05) is 6.92 Å². The van der Waals surface area contributed by atoms with E-state index in [2.05, 4.69) is 4.72 Å². The van der Waals surface area contributed by atoms with Crippen molar-refractivity contribution >= 4 is 15.9 Å². The first-order valence-corrected chi connectivity index (χ1v) is 12.4. The van der Waals surface area contributed by atoms with E-state index in [1.54, 1.807) is 48.5 Å². The minimum atomic E-state index is -3.63. The Bertz CT molecular complexity index is 1120. The summed E-state index contributed by atoms with van der Waals surface area (Å²) in [5.74, 6) is 0.544. The predicted octanol–water partition coefficient (Wildman–Crippen LogP) is 2.31. The van der Waals surface area contributed by atoms with E-state index < -0.39 is 10.0 Å². The smallest absolute Gasteiger partial charge is 0.263 e. The van der Waals surface area contributed by atoms with E-state index in [-0.39, 0.29) is 27.8 Å². The zero-order chi connectivity index (χ0) is 23.3. The first kappa shape index (κ1) is 24.0. The van der Waals surface area contributed by atoms with Gasteiger partial charge >= 0.3 is 0 Å². The van der Waals surface area contributed by atoms with Crippen LogP contribution in [0, 0.1) is 12.8 Å². The van der Waals surface area contributed by atoms with Gasteiger partial charge in [0.25, 0.3) is 11.5 Å². The van der Waals surface area contributed by atoms with Crippen molar-refractivity contribution in [2.24, 2.45) is 13.0 Å². The van der Waals surface area contributed by atoms with Gasteiger partial charge in [0.2, 0.25) is 10.0 Å². The maximum Gasteiger partial charge on any atom is 0.263 e. The predicted molar refractivity (Wildman–Crippen MR) is 122 cm³/mol. The molecule has 8 nitrogen and oxygen atoms in total. The van der Waals surface area contributed by atoms with Crippen molar-refractivity contribution < 1.29 is 17.9 Å². The molecule has 2 aromatic rings. The van der Waals surface area contributed by atoms with Gasteiger partial charge in [-0.2, -0.15) is 0 Å². The van der Waals surface area contributed by atoms with E-state index in [4.69, 9.17) is 4.74 Å². The molecule has 0 radical (unpaired) electrons. The second-order valence-corrected chi connectivity index (χ2v) is 9.97. The van der Waals surface area contributed by atoms with Gasteiger partial charge in [-0.3, -0.25) is 9.59 Å². The maximum absolute atomic E-state index is 12.7. The van der Waals surface area contributed by atoms with Crippen LogP contribution in [-0.2, 0) is 17.1 Å². The molecule has 3 rings (SSSR count). The molecule has 1 N–H and O–H groups in total. The fraction of sp³-hybridized carbons (Fsp3) is 0.478. The average molecular weight is 462 g/mol. The summed E-state index contributed by atoms with van der Waals surface area (Å²) in [4.78, 5) is 26.8. The summed E-state index contributed by atoms with van der Waals surface area (Å²) < 4.78 is 35.2. The number of hydrogen-bond acceptors (Lipinski definition) is 5. The van der Waals surface area contributed by atoms with E-state index in [9.17, 15) is 18.0 Å². The van der Waals surface area contributed by atoms with E-state index in [1.807, 2.05) is 13.8 Å². The van der Waals surface area contributed by atoms with E-state index in [1.165, 1.54) is 4.57 Å². The second-order valence-electron chi connectivity index (χ2n) is 8.20. The number of hydrogen-bond donors (Lipinski definition) is 1. The molecule has 0 aliphatic carbocycles. The first-order chi connectivity index (χ1) is 15.2. The second kappa shape index (κ2) is 10.3. The number of carbonyl (C=O) groups excluding carboxylic acids is 1. The number of aromatic nitrogens is 1. The third kappa shape index (κ3) is 5.58. The molecule has 174 valence electrons. The van der Waals surface area contributed by atoms with Crippen LogP contribution in [0.4, 0.5) is 0 Å². The van der Waals surface area contributed by atoms with Crippen LogP contribution in [-0.4, -0.2) is 50.0 Å². The standard InChI is InChI=1S/C23H31N3O5S/c1-4-14-31-21-8-7-19(15-17(21)2)32(29,30)24-16-18-9-12-26(13-10-18)23(28)20-6-5-11-25(3)22(20)27/h5-8,11,15,18,24H,4,9-10,12-14,16H2,1-3H3. The molecule has 1 aromatic heterocycles. The van der Waals surface area contributed by atoms with Gasteiger partial charge in [0, 0.05) is 32.9 Å². The van der Waals surface area contributed by atoms with Crippen molar-refractivity contribution in [1.29, 1.82) is 0 Å². The molecule has 0 atom stereocenters. The minimum Gasteiger partial charge on any atom is -0.493 e. The molecule has 1 aliphatic rings. The zero-order valence-electron chi connectivity index (χ0n) is 18.8. The van der Waals surface area contributed by atoms with E-state index in [0.717, 1.165) is 12.0 Å². The SMILES string of the molecule is CCCOc1ccc(S(=O)(=O)NCC2CCN(C(=O)c3cccn(C)c3=O)CC2)cc1C. The van der Waals surface area contributed by atoms with Crippen molar-refractivity contribution in [3.8, 4) is 5.75 Å². The highest BCUT2D eigenvalue weighted by Crippen LogP contribution is 2.23. The average Bonchev–Trinajstić information content (AvgIpc) is 2.78. The summed E-state index contributed by atoms with van der Waals surface area (Å²) in [7, 11) is -2.02. The number of piperidine rings is 1. The number of nitrogens with one attached hydrogen (secondary N) is 1. The largest absolute Gasteiger partial charge is 0.493 e. The van der Waals surface area contributed by atoms with Gasteiger partial charge in [-0.05, 0) is 68.0 Å². The quantitative estimate of drug-likeness (QED) is 0.651. The number of carbonyl (C=O) groups is 1. The molecule has 1 fully saturated rings. The minimum absolute atomic E-state index is 0.126. The number of benzene rings is 1. The lowest BCUT2D eigenvalue weighted by Crippen LogP contribution is -2.43. The van der Waals surface area contributed by atoms with Crippen LogP contribution in [0.3, 0.4) is 0 Å². The fourth-order valence-corrected chi connectivity index (χ4v) is 4.95. The topological polar surface area (TPSA) is 97.7 Å². The molecule has 2 heterocycles. The molecule has 1 aliphatic heterocycles. The number of pyridine rings is 1. The van der Waals surface area contributed by atoms with Gasteiger partial charge in [0.05, 0.1) is 11.5 Å². The Labute approximate surface area is 189 Å². The van der Waals surface area contributed by atoms with Crippen LogP contribution >= 0.6 is 0 Å². The van der Waals surface area contributed by atoms with Crippen LogP contribution < -0.4 is 15.0 Å². The lowest BCUT2D eigenvalue weighted by molar-refractivity contribution is 0.0689. The summed E-state index contributed by atoms with van der Waals surface area (Å²) in [5.41, 5.74) is 0.630. The van der Waals surface area contributed by atoms with E-state index in [0.29, 0.717) is 44.8 Å². The number of likely N-dealkylation sites (tertiary alicyclic amines) is 1. The van der Waals surface area contributed by atoms with Gasteiger partial charge in [0.15, 0.2) is 0 Å². The van der Waals surface area contributed by atoms with E-state index >= 15 is 0 Å². The number of nitrogens with zero attached hydrogens (tertiary/aromatic N) is 2. The Balaban J connectivity index is 1.55. The molecular formula is C23H31N3O5S. The Kier molecular flexibility index (Phi) is 7.73. The molecule has 32 heavy (non-hydrogen) atoms. The molecule has 0 saturated carbocycles. The lowest BCUT2D eigenvalue weighted by atomic mass is 9.97. The van der Waals surface area contributed by atoms with Crippen molar-refractivity contribution in [1.82, 2.24) is 14.2 Å². The number of aryl methyl sites for hydroxylation is 2. The first-order valence-electron chi connectivity index (χ1n) is 10.9. The van der Waals surface area contributed by atoms with Crippen molar-refractivity contribution in [3.05, 3.63) is 58.0 Å². The highest BCUT2D eigenvalue weighted by Gasteiger charge is 2.26. The van der Waals surface area contributed by atoms with Crippen LogP contribution in [0.2, 0.25) is 0 Å². The zero-order valence-corrected chi connectivity index (χ0v) is 19.7. The normalized spacial score (nSPS) is 15.0. The number of ether oxygens (including phenoxy) is 1. The van der Waals surface area contributed by atoms with Crippen molar-refractivity contribution in [3.63, 3.8) is 0 Å². The number of sulfonamides is 1. The molecule has 1 amide bonds. The van der Waals surface area contributed by atoms with Gasteiger partial charge in [-0.25, -0.2) is 13.1 Å². The summed E-state index contributed by atoms with van der Waals surface area (Å²) in [6, 6.07) is 8.10. The highest BCUT2D eigenvalue weighted by atomic mass is 32.2. The summed E-state index contributed by atoms with van der Waals surface area (Å²) in [6.45, 7) is 5.73. The van der Waals surface area contributed by atoms with Crippen LogP contribution in [0.25, 0.3) is 0 Å². The Morgan fingerprint density at radius 1 is 1.22 bits per heavy atom. The van der Waals surface area contributed by atoms with Gasteiger partial charge in [-0.15, -0.1) is 0 Å².